The summed E-state index contributed by atoms with van der Waals surface area (Å²) in [5, 5.41) is 4.32. The molecule has 2 rings (SSSR count). The van der Waals surface area contributed by atoms with E-state index in [0.717, 1.165) is 0 Å². The summed E-state index contributed by atoms with van der Waals surface area (Å²) in [6.45, 7) is 0. The third-order valence-electron chi connectivity index (χ3n) is 2.83. The Morgan fingerprint density at radius 3 is 2.83 bits per heavy atom. The molecule has 1 aromatic heterocycles. The van der Waals surface area contributed by atoms with E-state index in [-0.39, 0.29) is 5.89 Å². The first-order valence-corrected chi connectivity index (χ1v) is 6.94. The number of ketones is 1. The molecule has 1 saturated carbocycles. The number of hydrogen-bond acceptors (Lipinski definition) is 5. The summed E-state index contributed by atoms with van der Waals surface area (Å²) in [4.78, 5) is 14.7. The van der Waals surface area contributed by atoms with Crippen LogP contribution in [-0.2, 0) is 17.0 Å². The fourth-order valence-electron chi connectivity index (χ4n) is 1.89. The maximum atomic E-state index is 12.0. The minimum Gasteiger partial charge on any atom is -0.339 e. The molecule has 0 aromatic carbocycles. The van der Waals surface area contributed by atoms with Gasteiger partial charge in [0.15, 0.2) is 5.82 Å². The molecule has 0 N–H and O–H groups in total. The molecule has 0 aliphatic heterocycles. The van der Waals surface area contributed by atoms with Crippen molar-refractivity contribution in [1.29, 1.82) is 0 Å². The fraction of sp³-hybridized carbons (Fsp3) is 0.727. The van der Waals surface area contributed by atoms with Gasteiger partial charge in [-0.05, 0) is 12.8 Å². The van der Waals surface area contributed by atoms with Crippen LogP contribution < -0.4 is 0 Å². The number of Topliss-reactive ketones (excluding diaryl/α,β-unsaturated/α-hetero) is 1. The first-order chi connectivity index (χ1) is 8.65. The van der Waals surface area contributed by atoms with Gasteiger partial charge in [-0.3, -0.25) is 4.79 Å². The third-order valence-corrected chi connectivity index (χ3v) is 4.20. The number of alkyl halides is 2. The Morgan fingerprint density at radius 1 is 1.44 bits per heavy atom. The number of nitrogens with zero attached hydrogens (tertiary/aromatic N) is 2. The molecule has 7 heteroatoms. The number of carbonyl (C=O) groups excluding carboxylic acids is 1. The quantitative estimate of drug-likeness (QED) is 0.799. The summed E-state index contributed by atoms with van der Waals surface area (Å²) in [5.41, 5.74) is 0. The van der Waals surface area contributed by atoms with Gasteiger partial charge in [0.2, 0.25) is 11.7 Å². The normalized spacial score (nSPS) is 16.6. The number of aromatic nitrogens is 2. The van der Waals surface area contributed by atoms with Crippen molar-refractivity contribution in [2.45, 2.75) is 49.5 Å². The Hall–Kier alpha value is -0.980. The van der Waals surface area contributed by atoms with Crippen molar-refractivity contribution >= 4 is 17.5 Å². The zero-order valence-corrected chi connectivity index (χ0v) is 10.6. The molecule has 0 radical (unpaired) electrons. The van der Waals surface area contributed by atoms with Crippen LogP contribution in [0.5, 0.6) is 0 Å². The average molecular weight is 276 g/mol. The highest BCUT2D eigenvalue weighted by Crippen LogP contribution is 2.30. The predicted molar refractivity (Wildman–Crippen MR) is 62.6 cm³/mol. The fourth-order valence-corrected chi connectivity index (χ4v) is 3.06. The van der Waals surface area contributed by atoms with E-state index in [2.05, 4.69) is 10.1 Å². The van der Waals surface area contributed by atoms with E-state index in [4.69, 9.17) is 4.52 Å². The topological polar surface area (TPSA) is 56.0 Å². The lowest BCUT2D eigenvalue weighted by Gasteiger charge is -2.04. The smallest absolute Gasteiger partial charge is 0.296 e. The van der Waals surface area contributed by atoms with Gasteiger partial charge in [-0.1, -0.05) is 18.0 Å². The van der Waals surface area contributed by atoms with E-state index in [1.807, 2.05) is 0 Å². The second kappa shape index (κ2) is 6.26. The molecule has 0 atom stereocenters. The van der Waals surface area contributed by atoms with Gasteiger partial charge in [0, 0.05) is 5.25 Å². The monoisotopic (exact) mass is 276 g/mol. The number of halogens is 2. The molecule has 0 amide bonds. The number of hydrogen-bond donors (Lipinski definition) is 0. The first-order valence-electron chi connectivity index (χ1n) is 5.89. The molecular weight excluding hydrogens is 262 g/mol. The standard InChI is InChI=1S/C11H14F2N2O2S/c12-11(13)8(16)5-10-14-9(15-17-10)6-18-7-3-1-2-4-7/h7,11H,1-6H2. The Labute approximate surface area is 108 Å². The Balaban J connectivity index is 1.80. The van der Waals surface area contributed by atoms with E-state index < -0.39 is 18.6 Å². The zero-order valence-electron chi connectivity index (χ0n) is 9.77. The number of carbonyl (C=O) groups is 1. The number of rotatable bonds is 6. The highest BCUT2D eigenvalue weighted by Gasteiger charge is 2.20. The van der Waals surface area contributed by atoms with Crippen LogP contribution in [0.15, 0.2) is 4.52 Å². The average Bonchev–Trinajstić information content (AvgIpc) is 2.96. The van der Waals surface area contributed by atoms with Crippen molar-refractivity contribution in [1.82, 2.24) is 10.1 Å². The van der Waals surface area contributed by atoms with E-state index in [1.165, 1.54) is 25.7 Å². The summed E-state index contributed by atoms with van der Waals surface area (Å²) < 4.78 is 28.8. The van der Waals surface area contributed by atoms with Gasteiger partial charge in [0.25, 0.3) is 6.43 Å². The first kappa shape index (κ1) is 13.5. The molecule has 0 unspecified atom stereocenters. The van der Waals surface area contributed by atoms with Crippen molar-refractivity contribution < 1.29 is 18.1 Å². The van der Waals surface area contributed by atoms with E-state index in [0.29, 0.717) is 16.8 Å². The summed E-state index contributed by atoms with van der Waals surface area (Å²) in [7, 11) is 0. The van der Waals surface area contributed by atoms with Crippen LogP contribution in [-0.4, -0.2) is 27.6 Å². The molecule has 1 heterocycles. The van der Waals surface area contributed by atoms with Gasteiger partial charge >= 0.3 is 0 Å². The van der Waals surface area contributed by atoms with Crippen LogP contribution in [0, 0.1) is 0 Å². The second-order valence-electron chi connectivity index (χ2n) is 4.27. The van der Waals surface area contributed by atoms with Gasteiger partial charge in [0.1, 0.15) is 0 Å². The van der Waals surface area contributed by atoms with Crippen LogP contribution in [0.2, 0.25) is 0 Å². The Bertz CT molecular complexity index is 406. The van der Waals surface area contributed by atoms with Crippen molar-refractivity contribution in [3.05, 3.63) is 11.7 Å². The minimum atomic E-state index is -2.98. The van der Waals surface area contributed by atoms with Crippen LogP contribution in [0.3, 0.4) is 0 Å². The largest absolute Gasteiger partial charge is 0.339 e. The summed E-state index contributed by atoms with van der Waals surface area (Å²) in [6, 6.07) is 0. The van der Waals surface area contributed by atoms with Crippen molar-refractivity contribution in [2.75, 3.05) is 0 Å². The second-order valence-corrected chi connectivity index (χ2v) is 5.55. The maximum Gasteiger partial charge on any atom is 0.296 e. The molecule has 1 fully saturated rings. The van der Waals surface area contributed by atoms with Crippen molar-refractivity contribution in [2.24, 2.45) is 0 Å². The maximum absolute atomic E-state index is 12.0. The Kier molecular flexibility index (Phi) is 4.68. The number of thioether (sulfide) groups is 1. The van der Waals surface area contributed by atoms with Crippen molar-refractivity contribution in [3.63, 3.8) is 0 Å². The predicted octanol–water partition coefficient (Wildman–Crippen LogP) is 2.62. The summed E-state index contributed by atoms with van der Waals surface area (Å²) >= 11 is 1.76. The van der Waals surface area contributed by atoms with Crippen molar-refractivity contribution in [3.8, 4) is 0 Å². The Morgan fingerprint density at radius 2 is 2.17 bits per heavy atom. The molecule has 1 aliphatic carbocycles. The van der Waals surface area contributed by atoms with E-state index >= 15 is 0 Å². The molecule has 0 saturated heterocycles. The lowest BCUT2D eigenvalue weighted by atomic mass is 10.3. The van der Waals surface area contributed by atoms with Crippen LogP contribution in [0.25, 0.3) is 0 Å². The van der Waals surface area contributed by atoms with Gasteiger partial charge in [-0.15, -0.1) is 0 Å². The van der Waals surface area contributed by atoms with E-state index in [9.17, 15) is 13.6 Å². The molecule has 4 nitrogen and oxygen atoms in total. The van der Waals surface area contributed by atoms with Crippen LogP contribution >= 0.6 is 11.8 Å². The molecule has 18 heavy (non-hydrogen) atoms. The highest BCUT2D eigenvalue weighted by molar-refractivity contribution is 7.99. The molecule has 0 bridgehead atoms. The molecule has 0 spiro atoms. The van der Waals surface area contributed by atoms with Gasteiger partial charge in [-0.25, -0.2) is 8.78 Å². The van der Waals surface area contributed by atoms with Gasteiger partial charge < -0.3 is 4.52 Å². The van der Waals surface area contributed by atoms with Gasteiger partial charge in [-0.2, -0.15) is 16.7 Å². The van der Waals surface area contributed by atoms with Crippen LogP contribution in [0.4, 0.5) is 8.78 Å². The van der Waals surface area contributed by atoms with Crippen LogP contribution in [0.1, 0.15) is 37.4 Å². The summed E-state index contributed by atoms with van der Waals surface area (Å²) in [5.74, 6) is -0.128. The summed E-state index contributed by atoms with van der Waals surface area (Å²) in [6.07, 6.45) is 1.47. The molecular formula is C11H14F2N2O2S. The van der Waals surface area contributed by atoms with E-state index in [1.54, 1.807) is 11.8 Å². The molecule has 1 aromatic rings. The lowest BCUT2D eigenvalue weighted by molar-refractivity contribution is -0.129. The highest BCUT2D eigenvalue weighted by atomic mass is 32.2. The minimum absolute atomic E-state index is 0.0256. The van der Waals surface area contributed by atoms with Gasteiger partial charge in [0.05, 0.1) is 12.2 Å². The molecule has 100 valence electrons. The lowest BCUT2D eigenvalue weighted by Crippen LogP contribution is -2.12. The molecule has 1 aliphatic rings. The SMILES string of the molecule is O=C(Cc1nc(CSC2CCCC2)no1)C(F)F. The zero-order chi connectivity index (χ0) is 13.0. The third kappa shape index (κ3) is 3.76.